The molecule has 0 unspecified atom stereocenters. The van der Waals surface area contributed by atoms with Gasteiger partial charge in [-0.3, -0.25) is 4.98 Å². The van der Waals surface area contributed by atoms with Crippen molar-refractivity contribution in [3.05, 3.63) is 34.5 Å². The molecule has 1 aliphatic rings. The smallest absolute Gasteiger partial charge is 0.400 e. The van der Waals surface area contributed by atoms with Gasteiger partial charge in [-0.1, -0.05) is 17.6 Å². The Labute approximate surface area is 120 Å². The van der Waals surface area contributed by atoms with Gasteiger partial charge in [0.05, 0.1) is 27.6 Å². The number of nitrogens with zero attached hydrogens (tertiary/aromatic N) is 1. The van der Waals surface area contributed by atoms with E-state index in [1.165, 1.54) is 0 Å². The molecule has 1 saturated heterocycles. The minimum absolute atomic E-state index is 0.314. The zero-order valence-corrected chi connectivity index (χ0v) is 12.8. The van der Waals surface area contributed by atoms with Gasteiger partial charge in [-0.05, 0) is 52.8 Å². The molecule has 1 fully saturated rings. The van der Waals surface area contributed by atoms with Gasteiger partial charge >= 0.3 is 7.12 Å². The highest BCUT2D eigenvalue weighted by atomic mass is 35.5. The lowest BCUT2D eigenvalue weighted by Crippen LogP contribution is -2.41. The normalized spacial score (nSPS) is 21.3. The first-order chi connectivity index (χ1) is 8.71. The quantitative estimate of drug-likeness (QED) is 0.774. The van der Waals surface area contributed by atoms with Gasteiger partial charge in [0.1, 0.15) is 0 Å². The van der Waals surface area contributed by atoms with E-state index < -0.39 is 0 Å². The zero-order valence-electron chi connectivity index (χ0n) is 12.0. The second kappa shape index (κ2) is 4.93. The molecule has 0 N–H and O–H groups in total. The Morgan fingerprint density at radius 1 is 1.16 bits per heavy atom. The first-order valence-corrected chi connectivity index (χ1v) is 6.76. The summed E-state index contributed by atoms with van der Waals surface area (Å²) in [6.45, 7) is 10.0. The third-order valence-electron chi connectivity index (χ3n) is 3.74. The molecule has 0 radical (unpaired) electrons. The molecule has 3 nitrogen and oxygen atoms in total. The number of aromatic nitrogens is 1. The number of hydrogen-bond donors (Lipinski definition) is 0. The number of rotatable bonds is 2. The van der Waals surface area contributed by atoms with Gasteiger partial charge in [-0.15, -0.1) is 0 Å². The highest BCUT2D eigenvalue weighted by molar-refractivity contribution is 6.52. The van der Waals surface area contributed by atoms with E-state index >= 15 is 0 Å². The van der Waals surface area contributed by atoms with Gasteiger partial charge in [-0.2, -0.15) is 0 Å². The van der Waals surface area contributed by atoms with E-state index in [0.29, 0.717) is 5.02 Å². The van der Waals surface area contributed by atoms with Crippen molar-refractivity contribution in [1.82, 2.24) is 4.98 Å². The van der Waals surface area contributed by atoms with Gasteiger partial charge in [0.2, 0.25) is 0 Å². The van der Waals surface area contributed by atoms with Crippen molar-refractivity contribution >= 4 is 24.8 Å². The largest absolute Gasteiger partial charge is 0.487 e. The fraction of sp³-hybridized carbons (Fsp3) is 0.500. The second-order valence-electron chi connectivity index (χ2n) is 5.79. The van der Waals surface area contributed by atoms with Crippen LogP contribution >= 0.6 is 11.6 Å². The van der Waals surface area contributed by atoms with Crippen LogP contribution in [0.5, 0.6) is 0 Å². The van der Waals surface area contributed by atoms with E-state index in [4.69, 9.17) is 20.9 Å². The summed E-state index contributed by atoms with van der Waals surface area (Å²) in [5.41, 5.74) is 1.03. The fourth-order valence-corrected chi connectivity index (χ4v) is 1.91. The van der Waals surface area contributed by atoms with Crippen LogP contribution in [0.1, 0.15) is 39.1 Å². The first-order valence-electron chi connectivity index (χ1n) is 6.38. The molecular weight excluding hydrogens is 260 g/mol. The van der Waals surface area contributed by atoms with E-state index in [9.17, 15) is 0 Å². The summed E-state index contributed by atoms with van der Waals surface area (Å²) >= 11 is 5.95. The number of halogens is 1. The Morgan fingerprint density at radius 2 is 1.74 bits per heavy atom. The second-order valence-corrected chi connectivity index (χ2v) is 6.19. The third-order valence-corrected chi connectivity index (χ3v) is 4.14. The summed E-state index contributed by atoms with van der Waals surface area (Å²) in [6, 6.07) is 3.71. The summed E-state index contributed by atoms with van der Waals surface area (Å²) in [6.07, 6.45) is 1.89. The first kappa shape index (κ1) is 14.6. The molecule has 0 bridgehead atoms. The van der Waals surface area contributed by atoms with Crippen molar-refractivity contribution in [2.24, 2.45) is 0 Å². The molecule has 5 heteroatoms. The highest BCUT2D eigenvalue weighted by Crippen LogP contribution is 2.36. The van der Waals surface area contributed by atoms with E-state index in [1.807, 2.05) is 58.8 Å². The summed E-state index contributed by atoms with van der Waals surface area (Å²) in [5, 5.41) is 0.674. The van der Waals surface area contributed by atoms with Crippen LogP contribution in [0.3, 0.4) is 0 Å². The van der Waals surface area contributed by atoms with Gasteiger partial charge < -0.3 is 9.31 Å². The Bertz CT molecular complexity index is 498. The molecule has 19 heavy (non-hydrogen) atoms. The maximum atomic E-state index is 5.95. The Balaban J connectivity index is 2.10. The van der Waals surface area contributed by atoms with Gasteiger partial charge in [0.25, 0.3) is 0 Å². The maximum Gasteiger partial charge on any atom is 0.487 e. The molecule has 0 aromatic carbocycles. The maximum absolute atomic E-state index is 5.95. The summed E-state index contributed by atoms with van der Waals surface area (Å²) in [5.74, 6) is 1.88. The van der Waals surface area contributed by atoms with Gasteiger partial charge in [0, 0.05) is 0 Å². The lowest BCUT2D eigenvalue weighted by molar-refractivity contribution is 0.00578. The minimum Gasteiger partial charge on any atom is -0.400 e. The molecule has 0 atom stereocenters. The monoisotopic (exact) mass is 279 g/mol. The van der Waals surface area contributed by atoms with Crippen LogP contribution in [0.25, 0.3) is 6.08 Å². The molecule has 2 heterocycles. The molecular formula is C14H19BClNO2. The highest BCUT2D eigenvalue weighted by Gasteiger charge is 2.49. The summed E-state index contributed by atoms with van der Waals surface area (Å²) in [7, 11) is -0.345. The van der Waals surface area contributed by atoms with Crippen molar-refractivity contribution in [1.29, 1.82) is 0 Å². The van der Waals surface area contributed by atoms with Crippen LogP contribution < -0.4 is 0 Å². The minimum atomic E-state index is -0.345. The lowest BCUT2D eigenvalue weighted by atomic mass is 9.89. The van der Waals surface area contributed by atoms with Crippen molar-refractivity contribution in [2.45, 2.75) is 45.8 Å². The fourth-order valence-electron chi connectivity index (χ4n) is 1.80. The molecule has 102 valence electrons. The summed E-state index contributed by atoms with van der Waals surface area (Å²) in [4.78, 5) is 4.38. The number of pyridine rings is 1. The molecule has 0 amide bonds. The van der Waals surface area contributed by atoms with Crippen molar-refractivity contribution in [3.8, 4) is 0 Å². The van der Waals surface area contributed by atoms with Gasteiger partial charge in [-0.25, -0.2) is 0 Å². The number of hydrogen-bond acceptors (Lipinski definition) is 3. The van der Waals surface area contributed by atoms with Gasteiger partial charge in [0.15, 0.2) is 0 Å². The third kappa shape index (κ3) is 3.02. The van der Waals surface area contributed by atoms with Crippen LogP contribution in [0.2, 0.25) is 5.02 Å². The average Bonchev–Trinajstić information content (AvgIpc) is 2.49. The molecule has 1 aliphatic heterocycles. The SMILES string of the molecule is Cc1nc(/C=C/B2OC(C)(C)C(C)(C)O2)ccc1Cl. The van der Waals surface area contributed by atoms with E-state index in [1.54, 1.807) is 0 Å². The van der Waals surface area contributed by atoms with E-state index in [2.05, 4.69) is 4.98 Å². The molecule has 0 aliphatic carbocycles. The average molecular weight is 280 g/mol. The van der Waals surface area contributed by atoms with E-state index in [-0.39, 0.29) is 18.3 Å². The lowest BCUT2D eigenvalue weighted by Gasteiger charge is -2.32. The van der Waals surface area contributed by atoms with E-state index in [0.717, 1.165) is 11.4 Å². The topological polar surface area (TPSA) is 31.4 Å². The van der Waals surface area contributed by atoms with Crippen LogP contribution in [0, 0.1) is 6.92 Å². The zero-order chi connectivity index (χ0) is 14.3. The molecule has 0 saturated carbocycles. The molecule has 1 aromatic heterocycles. The predicted molar refractivity (Wildman–Crippen MR) is 79.1 cm³/mol. The molecule has 2 rings (SSSR count). The number of aryl methyl sites for hydroxylation is 1. The Kier molecular flexibility index (Phi) is 3.78. The summed E-state index contributed by atoms with van der Waals surface area (Å²) < 4.78 is 11.8. The molecule has 1 aromatic rings. The molecule has 0 spiro atoms. The van der Waals surface area contributed by atoms with Crippen LogP contribution in [-0.4, -0.2) is 23.3 Å². The standard InChI is InChI=1S/C14H19BClNO2/c1-10-12(16)7-6-11(17-10)8-9-15-18-13(2,3)14(4,5)19-15/h6-9H,1-5H3/b9-8+. The Morgan fingerprint density at radius 3 is 2.26 bits per heavy atom. The Hall–Kier alpha value is -0.835. The van der Waals surface area contributed by atoms with Crippen LogP contribution in [0.4, 0.5) is 0 Å². The predicted octanol–water partition coefficient (Wildman–Crippen LogP) is 3.69. The van der Waals surface area contributed by atoms with Crippen molar-refractivity contribution in [2.75, 3.05) is 0 Å². The van der Waals surface area contributed by atoms with Crippen LogP contribution in [0.15, 0.2) is 18.1 Å². The van der Waals surface area contributed by atoms with Crippen molar-refractivity contribution in [3.63, 3.8) is 0 Å². The van der Waals surface area contributed by atoms with Crippen molar-refractivity contribution < 1.29 is 9.31 Å². The van der Waals surface area contributed by atoms with Crippen LogP contribution in [-0.2, 0) is 9.31 Å².